The smallest absolute Gasteiger partial charge is 0.362 e. The minimum Gasteiger partial charge on any atom is -0.362 e. The summed E-state index contributed by atoms with van der Waals surface area (Å²) in [7, 11) is -2.07. The quantitative estimate of drug-likeness (QED) is 0.756. The second kappa shape index (κ2) is 8.32. The van der Waals surface area contributed by atoms with Crippen LogP contribution in [0.15, 0.2) is 12.4 Å². The minimum absolute atomic E-state index is 0.0289. The summed E-state index contributed by atoms with van der Waals surface area (Å²) in [5.74, 6) is 0. The molecule has 0 atom stereocenters. The molecule has 1 aliphatic rings. The Kier molecular flexibility index (Phi) is 7.94. The van der Waals surface area contributed by atoms with Crippen molar-refractivity contribution in [1.29, 1.82) is 0 Å². The lowest BCUT2D eigenvalue weighted by molar-refractivity contribution is 0.283. The Morgan fingerprint density at radius 3 is 2.29 bits per heavy atom. The summed E-state index contributed by atoms with van der Waals surface area (Å²) >= 11 is 0. The van der Waals surface area contributed by atoms with Gasteiger partial charge in [-0.25, -0.2) is 4.18 Å². The molecule has 0 bridgehead atoms. The normalized spacial score (nSPS) is 14.8. The molecular formula is C10H22N2O4S. The Labute approximate surface area is 104 Å². The summed E-state index contributed by atoms with van der Waals surface area (Å²) in [6, 6.07) is 0. The van der Waals surface area contributed by atoms with Crippen molar-refractivity contribution in [3.63, 3.8) is 0 Å². The molecular weight excluding hydrogens is 244 g/mol. The van der Waals surface area contributed by atoms with Crippen LogP contribution < -0.4 is 0 Å². The van der Waals surface area contributed by atoms with E-state index in [9.17, 15) is 8.42 Å². The van der Waals surface area contributed by atoms with Gasteiger partial charge in [-0.3, -0.25) is 4.55 Å². The summed E-state index contributed by atoms with van der Waals surface area (Å²) in [4.78, 5) is 4.53. The molecule has 7 heteroatoms. The molecule has 1 rings (SSSR count). The summed E-state index contributed by atoms with van der Waals surface area (Å²) in [6.07, 6.45) is 6.87. The van der Waals surface area contributed by atoms with Gasteiger partial charge >= 0.3 is 10.4 Å². The molecule has 0 saturated heterocycles. The highest BCUT2D eigenvalue weighted by atomic mass is 32.3. The van der Waals surface area contributed by atoms with E-state index in [0.717, 1.165) is 6.67 Å². The van der Waals surface area contributed by atoms with Crippen LogP contribution in [0.1, 0.15) is 26.7 Å². The monoisotopic (exact) mass is 266 g/mol. The van der Waals surface area contributed by atoms with Crippen molar-refractivity contribution in [2.24, 2.45) is 0 Å². The Bertz CT molecular complexity index is 316. The van der Waals surface area contributed by atoms with Gasteiger partial charge in [-0.1, -0.05) is 13.3 Å². The Balaban J connectivity index is 0.000000325. The number of rotatable bonds is 5. The van der Waals surface area contributed by atoms with E-state index < -0.39 is 10.4 Å². The van der Waals surface area contributed by atoms with Crippen LogP contribution in [0.2, 0.25) is 0 Å². The lowest BCUT2D eigenvalue weighted by Gasteiger charge is -2.17. The third-order valence-corrected chi connectivity index (χ3v) is 2.54. The van der Waals surface area contributed by atoms with Crippen LogP contribution in [0.5, 0.6) is 0 Å². The maximum absolute atomic E-state index is 9.56. The van der Waals surface area contributed by atoms with E-state index in [2.05, 4.69) is 40.4 Å². The fourth-order valence-corrected chi connectivity index (χ4v) is 1.54. The predicted molar refractivity (Wildman–Crippen MR) is 66.6 cm³/mol. The largest absolute Gasteiger partial charge is 0.397 e. The summed E-state index contributed by atoms with van der Waals surface area (Å²) in [5.41, 5.74) is 0. The van der Waals surface area contributed by atoms with Crippen LogP contribution in [-0.4, -0.2) is 49.6 Å². The molecule has 0 saturated carbocycles. The molecule has 6 nitrogen and oxygen atoms in total. The molecule has 102 valence electrons. The Morgan fingerprint density at radius 2 is 2.00 bits per heavy atom. The van der Waals surface area contributed by atoms with E-state index in [0.29, 0.717) is 0 Å². The van der Waals surface area contributed by atoms with E-state index in [1.165, 1.54) is 26.3 Å². The number of unbranched alkanes of at least 4 members (excludes halogenated alkanes) is 1. The van der Waals surface area contributed by atoms with E-state index in [1.54, 1.807) is 0 Å². The molecule has 0 aliphatic carbocycles. The zero-order valence-electron chi connectivity index (χ0n) is 10.7. The third-order valence-electron chi connectivity index (χ3n) is 2.00. The molecule has 0 radical (unpaired) electrons. The van der Waals surface area contributed by atoms with Crippen molar-refractivity contribution in [3.8, 4) is 0 Å². The van der Waals surface area contributed by atoms with Gasteiger partial charge in [0, 0.05) is 26.0 Å². The molecule has 17 heavy (non-hydrogen) atoms. The zero-order chi connectivity index (χ0) is 13.3. The zero-order valence-corrected chi connectivity index (χ0v) is 11.5. The van der Waals surface area contributed by atoms with Crippen LogP contribution >= 0.6 is 0 Å². The fraction of sp³-hybridized carbons (Fsp3) is 0.800. The Hall–Kier alpha value is -0.790. The van der Waals surface area contributed by atoms with Gasteiger partial charge in [0.15, 0.2) is 0 Å². The molecule has 0 aromatic rings. The van der Waals surface area contributed by atoms with Crippen molar-refractivity contribution >= 4 is 10.4 Å². The molecule has 0 aromatic heterocycles. The standard InChI is InChI=1S/C8H16N2.C2H6O4S/c1-3-4-5-10-7-6-9(2)8-10;1-2-6-7(3,4)5/h6-7H,3-5,8H2,1-2H3;2H2,1H3,(H,3,4,5). The highest BCUT2D eigenvalue weighted by molar-refractivity contribution is 7.80. The van der Waals surface area contributed by atoms with Gasteiger partial charge in [-0.2, -0.15) is 8.42 Å². The van der Waals surface area contributed by atoms with Crippen LogP contribution in [0.3, 0.4) is 0 Å². The van der Waals surface area contributed by atoms with Crippen molar-refractivity contribution < 1.29 is 17.2 Å². The molecule has 0 fully saturated rings. The molecule has 0 amide bonds. The second-order valence-corrected chi connectivity index (χ2v) is 4.79. The van der Waals surface area contributed by atoms with E-state index in [-0.39, 0.29) is 6.61 Å². The van der Waals surface area contributed by atoms with Crippen molar-refractivity contribution in [2.75, 3.05) is 26.9 Å². The third kappa shape index (κ3) is 10.1. The summed E-state index contributed by atoms with van der Waals surface area (Å²) < 4.78 is 30.7. The topological polar surface area (TPSA) is 70.1 Å². The minimum atomic E-state index is -4.17. The van der Waals surface area contributed by atoms with Crippen LogP contribution in [0, 0.1) is 0 Å². The second-order valence-electron chi connectivity index (χ2n) is 3.70. The first-order chi connectivity index (χ1) is 7.89. The number of nitrogens with zero attached hydrogens (tertiary/aromatic N) is 2. The maximum Gasteiger partial charge on any atom is 0.397 e. The molecule has 1 N–H and O–H groups in total. The van der Waals surface area contributed by atoms with Gasteiger partial charge in [0.05, 0.1) is 13.3 Å². The molecule has 1 heterocycles. The predicted octanol–water partition coefficient (Wildman–Crippen LogP) is 1.29. The maximum atomic E-state index is 9.56. The Morgan fingerprint density at radius 1 is 1.35 bits per heavy atom. The summed E-state index contributed by atoms with van der Waals surface area (Å²) in [5, 5.41) is 0. The first-order valence-electron chi connectivity index (χ1n) is 5.63. The van der Waals surface area contributed by atoms with E-state index in [1.807, 2.05) is 0 Å². The summed E-state index contributed by atoms with van der Waals surface area (Å²) in [6.45, 7) is 5.94. The van der Waals surface area contributed by atoms with Gasteiger partial charge in [-0.15, -0.1) is 0 Å². The number of hydrogen-bond acceptors (Lipinski definition) is 5. The lowest BCUT2D eigenvalue weighted by Crippen LogP contribution is -2.23. The van der Waals surface area contributed by atoms with Gasteiger partial charge in [0.1, 0.15) is 0 Å². The van der Waals surface area contributed by atoms with Crippen molar-refractivity contribution in [2.45, 2.75) is 26.7 Å². The lowest BCUT2D eigenvalue weighted by atomic mass is 10.3. The van der Waals surface area contributed by atoms with Gasteiger partial charge in [0.2, 0.25) is 0 Å². The van der Waals surface area contributed by atoms with Crippen molar-refractivity contribution in [1.82, 2.24) is 9.80 Å². The highest BCUT2D eigenvalue weighted by Crippen LogP contribution is 2.04. The SMILES string of the molecule is CCCCN1C=CN(C)C1.CCOS(=O)(=O)O. The van der Waals surface area contributed by atoms with E-state index in [4.69, 9.17) is 4.55 Å². The molecule has 0 spiro atoms. The average Bonchev–Trinajstić information content (AvgIpc) is 2.60. The van der Waals surface area contributed by atoms with Crippen LogP contribution in [-0.2, 0) is 14.6 Å². The molecule has 1 aliphatic heterocycles. The average molecular weight is 266 g/mol. The fourth-order valence-electron chi connectivity index (χ4n) is 1.24. The van der Waals surface area contributed by atoms with E-state index >= 15 is 0 Å². The van der Waals surface area contributed by atoms with Crippen molar-refractivity contribution in [3.05, 3.63) is 12.4 Å². The van der Waals surface area contributed by atoms with Gasteiger partial charge < -0.3 is 9.80 Å². The van der Waals surface area contributed by atoms with Gasteiger partial charge in [0.25, 0.3) is 0 Å². The van der Waals surface area contributed by atoms with Crippen LogP contribution in [0.25, 0.3) is 0 Å². The number of hydrogen-bond donors (Lipinski definition) is 1. The first-order valence-corrected chi connectivity index (χ1v) is 7.00. The molecule has 0 unspecified atom stereocenters. The van der Waals surface area contributed by atoms with Crippen LogP contribution in [0.4, 0.5) is 0 Å². The highest BCUT2D eigenvalue weighted by Gasteiger charge is 2.05. The van der Waals surface area contributed by atoms with Gasteiger partial charge in [-0.05, 0) is 13.3 Å². The molecule has 0 aromatic carbocycles. The first kappa shape index (κ1) is 16.2.